The van der Waals surface area contributed by atoms with E-state index in [9.17, 15) is 0 Å². The lowest BCUT2D eigenvalue weighted by Crippen LogP contribution is -2.15. The smallest absolute Gasteiger partial charge is 0.0626 e. The van der Waals surface area contributed by atoms with Crippen molar-refractivity contribution >= 4 is 15.9 Å². The molecule has 0 amide bonds. The molecule has 1 aromatic rings. The van der Waals surface area contributed by atoms with Gasteiger partial charge in [-0.3, -0.25) is 0 Å². The Balaban J connectivity index is 2.46. The molecule has 1 unspecified atom stereocenters. The van der Waals surface area contributed by atoms with Gasteiger partial charge in [0.15, 0.2) is 0 Å². The molecule has 1 aromatic carbocycles. The second kappa shape index (κ2) is 3.17. The van der Waals surface area contributed by atoms with Crippen LogP contribution in [-0.4, -0.2) is 11.7 Å². The van der Waals surface area contributed by atoms with Crippen LogP contribution < -0.4 is 5.32 Å². The summed E-state index contributed by atoms with van der Waals surface area (Å²) in [7, 11) is 0. The molecule has 0 fully saturated rings. The van der Waals surface area contributed by atoms with Crippen molar-refractivity contribution < 1.29 is 5.11 Å². The number of benzene rings is 1. The van der Waals surface area contributed by atoms with Gasteiger partial charge in [0.2, 0.25) is 0 Å². The molecular formula is C9H10BrNO. The zero-order valence-corrected chi connectivity index (χ0v) is 8.13. The Morgan fingerprint density at radius 1 is 1.58 bits per heavy atom. The van der Waals surface area contributed by atoms with Gasteiger partial charge in [0.25, 0.3) is 0 Å². The standard InChI is InChI=1S/C9H10BrNO/c10-8-3-1-2-6-7(8)4-11-9(6)5-12/h1-3,9,11-12H,4-5H2. The molecule has 0 spiro atoms. The first kappa shape index (κ1) is 8.23. The lowest BCUT2D eigenvalue weighted by Gasteiger charge is -2.07. The Hall–Kier alpha value is -0.380. The van der Waals surface area contributed by atoms with Crippen molar-refractivity contribution in [3.8, 4) is 0 Å². The molecule has 0 bridgehead atoms. The molecule has 1 aliphatic rings. The highest BCUT2D eigenvalue weighted by Gasteiger charge is 2.21. The van der Waals surface area contributed by atoms with E-state index in [-0.39, 0.29) is 12.6 Å². The fourth-order valence-electron chi connectivity index (χ4n) is 1.59. The molecule has 2 nitrogen and oxygen atoms in total. The highest BCUT2D eigenvalue weighted by Crippen LogP contribution is 2.30. The van der Waals surface area contributed by atoms with Crippen LogP contribution in [0.1, 0.15) is 17.2 Å². The van der Waals surface area contributed by atoms with Crippen molar-refractivity contribution in [3.63, 3.8) is 0 Å². The highest BCUT2D eigenvalue weighted by molar-refractivity contribution is 9.10. The molecule has 64 valence electrons. The van der Waals surface area contributed by atoms with Crippen LogP contribution in [0.25, 0.3) is 0 Å². The summed E-state index contributed by atoms with van der Waals surface area (Å²) in [6, 6.07) is 6.21. The molecule has 12 heavy (non-hydrogen) atoms. The average Bonchev–Trinajstić information content (AvgIpc) is 2.49. The van der Waals surface area contributed by atoms with Crippen molar-refractivity contribution in [1.29, 1.82) is 0 Å². The van der Waals surface area contributed by atoms with E-state index in [1.165, 1.54) is 11.1 Å². The van der Waals surface area contributed by atoms with Crippen LogP contribution in [0.15, 0.2) is 22.7 Å². The first-order valence-corrected chi connectivity index (χ1v) is 4.73. The maximum absolute atomic E-state index is 9.03. The Kier molecular flexibility index (Phi) is 2.17. The summed E-state index contributed by atoms with van der Waals surface area (Å²) >= 11 is 3.48. The normalized spacial score (nSPS) is 21.0. The fourth-order valence-corrected chi connectivity index (χ4v) is 2.11. The molecule has 0 aromatic heterocycles. The first-order chi connectivity index (χ1) is 5.83. The van der Waals surface area contributed by atoms with E-state index in [1.807, 2.05) is 12.1 Å². The summed E-state index contributed by atoms with van der Waals surface area (Å²) < 4.78 is 1.13. The van der Waals surface area contributed by atoms with Gasteiger partial charge in [0, 0.05) is 11.0 Å². The third-order valence-electron chi connectivity index (χ3n) is 2.24. The molecule has 1 aliphatic heterocycles. The van der Waals surface area contributed by atoms with Gasteiger partial charge in [-0.05, 0) is 17.2 Å². The molecule has 2 N–H and O–H groups in total. The molecule has 1 heterocycles. The van der Waals surface area contributed by atoms with E-state index in [0.717, 1.165) is 11.0 Å². The summed E-state index contributed by atoms with van der Waals surface area (Å²) in [4.78, 5) is 0. The van der Waals surface area contributed by atoms with Crippen LogP contribution >= 0.6 is 15.9 Å². The van der Waals surface area contributed by atoms with Gasteiger partial charge < -0.3 is 10.4 Å². The van der Waals surface area contributed by atoms with Crippen LogP contribution in [0, 0.1) is 0 Å². The van der Waals surface area contributed by atoms with Crippen molar-refractivity contribution in [1.82, 2.24) is 5.32 Å². The molecule has 2 rings (SSSR count). The topological polar surface area (TPSA) is 32.3 Å². The summed E-state index contributed by atoms with van der Waals surface area (Å²) in [5, 5.41) is 12.3. The van der Waals surface area contributed by atoms with Gasteiger partial charge in [0.05, 0.1) is 12.6 Å². The molecule has 0 aliphatic carbocycles. The number of aliphatic hydroxyl groups is 1. The van der Waals surface area contributed by atoms with Crippen molar-refractivity contribution in [2.45, 2.75) is 12.6 Å². The van der Waals surface area contributed by atoms with Gasteiger partial charge in [0.1, 0.15) is 0 Å². The lowest BCUT2D eigenvalue weighted by atomic mass is 10.1. The van der Waals surface area contributed by atoms with E-state index in [2.05, 4.69) is 27.3 Å². The number of hydrogen-bond donors (Lipinski definition) is 2. The SMILES string of the molecule is OCC1NCc2c(Br)cccc21. The molecule has 0 radical (unpaired) electrons. The number of rotatable bonds is 1. The van der Waals surface area contributed by atoms with Gasteiger partial charge in [-0.25, -0.2) is 0 Å². The largest absolute Gasteiger partial charge is 0.394 e. The molecule has 3 heteroatoms. The Bertz CT molecular complexity index is 301. The van der Waals surface area contributed by atoms with Crippen molar-refractivity contribution in [3.05, 3.63) is 33.8 Å². The van der Waals surface area contributed by atoms with Gasteiger partial charge in [-0.15, -0.1) is 0 Å². The monoisotopic (exact) mass is 227 g/mol. The minimum atomic E-state index is 0.123. The third kappa shape index (κ3) is 1.18. The van der Waals surface area contributed by atoms with Gasteiger partial charge in [-0.1, -0.05) is 28.1 Å². The van der Waals surface area contributed by atoms with Crippen LogP contribution in [0.4, 0.5) is 0 Å². The number of nitrogens with one attached hydrogen (secondary N) is 1. The second-order valence-electron chi connectivity index (χ2n) is 2.92. The van der Waals surface area contributed by atoms with E-state index in [4.69, 9.17) is 5.11 Å². The fraction of sp³-hybridized carbons (Fsp3) is 0.333. The molecule has 1 atom stereocenters. The predicted molar refractivity (Wildman–Crippen MR) is 50.8 cm³/mol. The van der Waals surface area contributed by atoms with E-state index >= 15 is 0 Å². The quantitative estimate of drug-likeness (QED) is 0.764. The number of fused-ring (bicyclic) bond motifs is 1. The van der Waals surface area contributed by atoms with Crippen LogP contribution in [0.5, 0.6) is 0 Å². The number of halogens is 1. The van der Waals surface area contributed by atoms with E-state index in [1.54, 1.807) is 0 Å². The predicted octanol–water partition coefficient (Wildman–Crippen LogP) is 1.59. The minimum absolute atomic E-state index is 0.123. The number of aliphatic hydroxyl groups excluding tert-OH is 1. The Morgan fingerprint density at radius 3 is 3.17 bits per heavy atom. The Labute approximate surface area is 79.7 Å². The lowest BCUT2D eigenvalue weighted by molar-refractivity contribution is 0.251. The van der Waals surface area contributed by atoms with Crippen LogP contribution in [-0.2, 0) is 6.54 Å². The maximum Gasteiger partial charge on any atom is 0.0626 e. The molecule has 0 saturated carbocycles. The van der Waals surface area contributed by atoms with Gasteiger partial charge in [-0.2, -0.15) is 0 Å². The van der Waals surface area contributed by atoms with E-state index < -0.39 is 0 Å². The molecular weight excluding hydrogens is 218 g/mol. The summed E-state index contributed by atoms with van der Waals surface area (Å²) in [5.74, 6) is 0. The number of hydrogen-bond acceptors (Lipinski definition) is 2. The van der Waals surface area contributed by atoms with Crippen molar-refractivity contribution in [2.75, 3.05) is 6.61 Å². The summed E-state index contributed by atoms with van der Waals surface area (Å²) in [5.41, 5.74) is 2.49. The zero-order valence-electron chi connectivity index (χ0n) is 6.55. The zero-order chi connectivity index (χ0) is 8.55. The second-order valence-corrected chi connectivity index (χ2v) is 3.78. The van der Waals surface area contributed by atoms with E-state index in [0.29, 0.717) is 0 Å². The maximum atomic E-state index is 9.03. The first-order valence-electron chi connectivity index (χ1n) is 3.94. The average molecular weight is 228 g/mol. The van der Waals surface area contributed by atoms with Crippen LogP contribution in [0.3, 0.4) is 0 Å². The third-order valence-corrected chi connectivity index (χ3v) is 2.98. The summed E-state index contributed by atoms with van der Waals surface area (Å²) in [6.45, 7) is 1.02. The summed E-state index contributed by atoms with van der Waals surface area (Å²) in [6.07, 6.45) is 0. The highest BCUT2D eigenvalue weighted by atomic mass is 79.9. The Morgan fingerprint density at radius 2 is 2.42 bits per heavy atom. The van der Waals surface area contributed by atoms with Crippen molar-refractivity contribution in [2.24, 2.45) is 0 Å². The molecule has 0 saturated heterocycles. The van der Waals surface area contributed by atoms with Gasteiger partial charge >= 0.3 is 0 Å². The minimum Gasteiger partial charge on any atom is -0.394 e. The van der Waals surface area contributed by atoms with Crippen LogP contribution in [0.2, 0.25) is 0 Å².